The first-order valence-corrected chi connectivity index (χ1v) is 28.0. The van der Waals surface area contributed by atoms with E-state index < -0.39 is 150 Å². The summed E-state index contributed by atoms with van der Waals surface area (Å²) in [5.74, 6) is -10.3. The number of carbonyl (C=O) groups is 10. The molecule has 22 heteroatoms. The molecule has 79 heavy (non-hydrogen) atoms. The fraction of sp³-hybridized carbons (Fsp3) is 0.719. The number of carbonyl (C=O) groups excluding carboxylic acids is 10. The van der Waals surface area contributed by atoms with E-state index in [0.717, 1.165) is 0 Å². The summed E-state index contributed by atoms with van der Waals surface area (Å²) in [4.78, 5) is 149. The van der Waals surface area contributed by atoms with Gasteiger partial charge in [-0.25, -0.2) is 4.79 Å². The van der Waals surface area contributed by atoms with Gasteiger partial charge in [0, 0.05) is 33.6 Å². The first-order valence-electron chi connectivity index (χ1n) is 28.0. The molecule has 3 aliphatic rings. The Bertz CT molecular complexity index is 2330. The van der Waals surface area contributed by atoms with Crippen LogP contribution in [0.3, 0.4) is 0 Å². The average Bonchev–Trinajstić information content (AvgIpc) is 4.13. The van der Waals surface area contributed by atoms with Crippen LogP contribution in [0.2, 0.25) is 0 Å². The molecule has 4 rings (SSSR count). The Morgan fingerprint density at radius 3 is 2.06 bits per heavy atom. The third-order valence-corrected chi connectivity index (χ3v) is 15.5. The minimum Gasteiger partial charge on any atom is -0.497 e. The fourth-order valence-electron chi connectivity index (χ4n) is 10.5. The van der Waals surface area contributed by atoms with Gasteiger partial charge in [-0.3, -0.25) is 43.2 Å². The average molecular weight is 1110 g/mol. The Morgan fingerprint density at radius 1 is 0.861 bits per heavy atom. The minimum atomic E-state index is -1.76. The van der Waals surface area contributed by atoms with E-state index in [4.69, 9.17) is 14.2 Å². The highest BCUT2D eigenvalue weighted by molar-refractivity contribution is 6.05. The first kappa shape index (κ1) is 65.4. The molecule has 0 aromatic heterocycles. The number of nitrogens with one attached hydrogen (secondary N) is 3. The van der Waals surface area contributed by atoms with E-state index in [1.807, 2.05) is 27.7 Å². The van der Waals surface area contributed by atoms with Crippen molar-refractivity contribution in [2.45, 2.75) is 201 Å². The van der Waals surface area contributed by atoms with E-state index in [2.05, 4.69) is 16.0 Å². The van der Waals surface area contributed by atoms with Crippen molar-refractivity contribution in [3.8, 4) is 5.75 Å². The molecule has 3 heterocycles. The van der Waals surface area contributed by atoms with Crippen molar-refractivity contribution in [1.82, 2.24) is 35.6 Å². The molecule has 0 saturated carbocycles. The summed E-state index contributed by atoms with van der Waals surface area (Å²) in [7, 11) is 4.29. The van der Waals surface area contributed by atoms with Crippen molar-refractivity contribution in [1.29, 1.82) is 0 Å². The van der Waals surface area contributed by atoms with Gasteiger partial charge in [-0.1, -0.05) is 73.9 Å². The zero-order valence-electron chi connectivity index (χ0n) is 48.8. The van der Waals surface area contributed by atoms with Crippen LogP contribution in [0.5, 0.6) is 5.75 Å². The van der Waals surface area contributed by atoms with Crippen molar-refractivity contribution in [2.75, 3.05) is 34.3 Å². The van der Waals surface area contributed by atoms with E-state index >= 15 is 4.79 Å². The van der Waals surface area contributed by atoms with Crippen LogP contribution in [0.4, 0.5) is 0 Å². The van der Waals surface area contributed by atoms with Crippen LogP contribution >= 0.6 is 0 Å². The molecule has 7 amide bonds. The van der Waals surface area contributed by atoms with Crippen LogP contribution in [0, 0.1) is 29.6 Å². The van der Waals surface area contributed by atoms with Crippen molar-refractivity contribution in [2.24, 2.45) is 29.6 Å². The predicted octanol–water partition coefficient (Wildman–Crippen LogP) is 2.32. The van der Waals surface area contributed by atoms with Gasteiger partial charge in [0.25, 0.3) is 5.91 Å². The molecule has 0 aliphatic carbocycles. The van der Waals surface area contributed by atoms with Crippen LogP contribution in [0.1, 0.15) is 133 Å². The maximum atomic E-state index is 15.0. The van der Waals surface area contributed by atoms with Crippen molar-refractivity contribution in [3.63, 3.8) is 0 Å². The van der Waals surface area contributed by atoms with Crippen LogP contribution < -0.4 is 20.7 Å². The lowest BCUT2D eigenvalue weighted by molar-refractivity contribution is -0.163. The molecule has 22 nitrogen and oxygen atoms in total. The molecule has 0 unspecified atom stereocenters. The summed E-state index contributed by atoms with van der Waals surface area (Å²) in [5, 5.41) is 30.2. The van der Waals surface area contributed by atoms with Gasteiger partial charge in [-0.05, 0) is 101 Å². The van der Waals surface area contributed by atoms with Gasteiger partial charge >= 0.3 is 11.9 Å². The van der Waals surface area contributed by atoms with Crippen LogP contribution in [-0.2, 0) is 63.8 Å². The largest absolute Gasteiger partial charge is 0.497 e. The second-order valence-corrected chi connectivity index (χ2v) is 23.0. The molecule has 1 aromatic carbocycles. The highest BCUT2D eigenvalue weighted by Crippen LogP contribution is 2.27. The Labute approximate surface area is 465 Å². The number of hydrogen-bond donors (Lipinski definition) is 5. The number of Topliss-reactive ketones (excluding diaryl/α,β-unsaturated/α-hetero) is 1. The van der Waals surface area contributed by atoms with Gasteiger partial charge in [0.2, 0.25) is 35.4 Å². The van der Waals surface area contributed by atoms with Crippen molar-refractivity contribution >= 4 is 59.1 Å². The number of cyclic esters (lactones) is 2. The summed E-state index contributed by atoms with van der Waals surface area (Å²) >= 11 is 0. The highest BCUT2D eigenvalue weighted by Gasteiger charge is 2.46. The Balaban J connectivity index is 1.89. The molecule has 3 aliphatic heterocycles. The van der Waals surface area contributed by atoms with E-state index in [9.17, 15) is 53.4 Å². The van der Waals surface area contributed by atoms with Gasteiger partial charge in [-0.2, -0.15) is 0 Å². The molecule has 1 aromatic rings. The summed E-state index contributed by atoms with van der Waals surface area (Å²) in [5.41, 5.74) is 0.571. The van der Waals surface area contributed by atoms with E-state index in [1.54, 1.807) is 52.0 Å². The monoisotopic (exact) mass is 1110 g/mol. The van der Waals surface area contributed by atoms with Crippen LogP contribution in [0.25, 0.3) is 0 Å². The smallest absolute Gasteiger partial charge is 0.329 e. The number of aliphatic hydroxyl groups is 2. The number of amides is 7. The van der Waals surface area contributed by atoms with Crippen LogP contribution in [-0.4, -0.2) is 190 Å². The van der Waals surface area contributed by atoms with Gasteiger partial charge in [0.15, 0.2) is 11.9 Å². The third-order valence-electron chi connectivity index (χ3n) is 15.5. The Kier molecular flexibility index (Phi) is 24.3. The van der Waals surface area contributed by atoms with Crippen LogP contribution in [0.15, 0.2) is 24.3 Å². The molecule has 5 N–H and O–H groups in total. The predicted molar refractivity (Wildman–Crippen MR) is 290 cm³/mol. The van der Waals surface area contributed by atoms with Crippen molar-refractivity contribution < 1.29 is 72.4 Å². The summed E-state index contributed by atoms with van der Waals surface area (Å²) in [6.07, 6.45) is -4.99. The number of likely N-dealkylation sites (tertiary alicyclic amines) is 1. The van der Waals surface area contributed by atoms with Crippen molar-refractivity contribution in [3.05, 3.63) is 29.8 Å². The normalized spacial score (nSPS) is 27.7. The fourth-order valence-corrected chi connectivity index (χ4v) is 10.5. The highest BCUT2D eigenvalue weighted by atomic mass is 16.6. The number of aliphatic hydroxyl groups excluding tert-OH is 2. The number of ether oxygens (including phenoxy) is 3. The topological polar surface area (TPSA) is 288 Å². The van der Waals surface area contributed by atoms with E-state index in [1.165, 1.54) is 61.6 Å². The Hall–Kier alpha value is -6.16. The molecule has 13 atom stereocenters. The zero-order chi connectivity index (χ0) is 59.3. The first-order chi connectivity index (χ1) is 37.0. The second-order valence-electron chi connectivity index (χ2n) is 23.0. The molecule has 0 radical (unpaired) electrons. The van der Waals surface area contributed by atoms with E-state index in [0.29, 0.717) is 30.6 Å². The summed E-state index contributed by atoms with van der Waals surface area (Å²) < 4.78 is 17.2. The molecular weight excluding hydrogens is 1020 g/mol. The lowest BCUT2D eigenvalue weighted by Gasteiger charge is -2.36. The zero-order valence-corrected chi connectivity index (χ0v) is 48.8. The number of likely N-dealkylation sites (N-methyl/N-ethyl adjacent to an activating group) is 2. The van der Waals surface area contributed by atoms with Gasteiger partial charge in [0.05, 0.1) is 31.6 Å². The number of benzene rings is 1. The number of fused-ring (bicyclic) bond motifs is 1. The minimum absolute atomic E-state index is 0.0720. The maximum absolute atomic E-state index is 15.0. The standard InChI is InChI=1S/C57H89N7O15/c1-15-33(8)46-44(66)29-45(67)79-49(32(6)7)48(68)34(9)50(69)58-39(26-30(2)3)54(73)64-25-17-19-41(64)56(75)62(13)43(28-37-20-22-38(77-14)23-21-37)57(76)78-36(11)47(52(71)59-46)60-51(70)42(27-31(4)5)61(12)55(74)40-18-16-24-63(40)53(72)35(10)65/h20-23,30-36,39-44,46-47,49,65-66H,15-19,24-29H2,1-14H3,(H,58,69)(H,59,71)(H,60,70)/t33-,34-,35-,36+,39-,40-,41-,42+,43-,44-,46-,47-,49-/m0/s1. The quantitative estimate of drug-likeness (QED) is 0.124. The summed E-state index contributed by atoms with van der Waals surface area (Å²) in [6, 6.07) is -2.19. The second kappa shape index (κ2) is 29.3. The number of rotatable bonds is 15. The lowest BCUT2D eigenvalue weighted by atomic mass is 9.91. The number of methoxy groups -OCH3 is 1. The molecule has 0 bridgehead atoms. The summed E-state index contributed by atoms with van der Waals surface area (Å²) in [6.45, 7) is 18.4. The molecule has 3 fully saturated rings. The molecule has 3 saturated heterocycles. The number of nitrogens with zero attached hydrogens (tertiary/aromatic N) is 4. The Morgan fingerprint density at radius 2 is 1.49 bits per heavy atom. The molecule has 442 valence electrons. The number of hydrogen-bond acceptors (Lipinski definition) is 15. The van der Waals surface area contributed by atoms with Gasteiger partial charge in [0.1, 0.15) is 54.2 Å². The number of esters is 2. The third kappa shape index (κ3) is 16.9. The van der Waals surface area contributed by atoms with Gasteiger partial charge < -0.3 is 60.0 Å². The number of ketones is 1. The SMILES string of the molecule is CC[C@H](C)[C@@H]1NC(=O)[C@@H](NC(=O)[C@@H](CC(C)C)N(C)C(=O)[C@@H]2CCCN2C(=O)[C@H](C)O)[C@@H](C)OC(=O)[C@H](Cc2ccc(OC)cc2)N(C)C(=O)[C@@H]2CCCN2C(=O)[C@H](CC(C)C)NC(=O)[C@@H](C)C(=O)[C@H](C(C)C)OC(=O)C[C@@H]1O. The maximum Gasteiger partial charge on any atom is 0.329 e. The van der Waals surface area contributed by atoms with Gasteiger partial charge in [-0.15, -0.1) is 0 Å². The molecule has 0 spiro atoms. The lowest BCUT2D eigenvalue weighted by Crippen LogP contribution is -2.62. The van der Waals surface area contributed by atoms with E-state index in [-0.39, 0.29) is 57.0 Å². The molecular formula is C57H89N7O15.